The highest BCUT2D eigenvalue weighted by molar-refractivity contribution is 6.31. The zero-order valence-electron chi connectivity index (χ0n) is 26.9. The van der Waals surface area contributed by atoms with Gasteiger partial charge in [-0.05, 0) is 46.0 Å². The molecule has 3 atom stereocenters. The summed E-state index contributed by atoms with van der Waals surface area (Å²) in [5.74, 6) is 1.03. The second-order valence-electron chi connectivity index (χ2n) is 11.9. The van der Waals surface area contributed by atoms with E-state index in [0.29, 0.717) is 43.3 Å². The fourth-order valence-electron chi connectivity index (χ4n) is 5.99. The van der Waals surface area contributed by atoms with Crippen molar-refractivity contribution in [2.24, 2.45) is 4.99 Å². The number of nitrogens with one attached hydrogen (secondary N) is 2. The predicted molar refractivity (Wildman–Crippen MR) is 174 cm³/mol. The van der Waals surface area contributed by atoms with Gasteiger partial charge < -0.3 is 24.8 Å². The molecule has 0 radical (unpaired) electrons. The van der Waals surface area contributed by atoms with Crippen LogP contribution in [-0.4, -0.2) is 79.6 Å². The van der Waals surface area contributed by atoms with E-state index in [4.69, 9.17) is 21.3 Å². The van der Waals surface area contributed by atoms with Gasteiger partial charge in [0.15, 0.2) is 0 Å². The number of rotatable bonds is 17. The van der Waals surface area contributed by atoms with Crippen LogP contribution in [0.25, 0.3) is 0 Å². The number of hydrogen-bond donors (Lipinski definition) is 2. The fraction of sp³-hybridized carbons (Fsp3) is 0.758. The lowest BCUT2D eigenvalue weighted by molar-refractivity contribution is -0.952. The molecule has 0 spiro atoms. The van der Waals surface area contributed by atoms with Crippen molar-refractivity contribution in [3.8, 4) is 0 Å². The molecule has 0 saturated carbocycles. The topological polar surface area (TPSA) is 66.0 Å². The summed E-state index contributed by atoms with van der Waals surface area (Å²) in [6.45, 7) is 15.6. The number of nitrogens with zero attached hydrogens (tertiary/aromatic N) is 3. The first kappa shape index (κ1) is 35.4. The van der Waals surface area contributed by atoms with Crippen LogP contribution in [0, 0.1) is 0 Å². The van der Waals surface area contributed by atoms with Crippen LogP contribution >= 0.6 is 11.6 Å². The van der Waals surface area contributed by atoms with E-state index in [0.717, 1.165) is 54.8 Å². The van der Waals surface area contributed by atoms with Crippen molar-refractivity contribution < 1.29 is 14.0 Å². The zero-order valence-corrected chi connectivity index (χ0v) is 27.7. The number of carbonyl (C=O) groups excluding carboxylic acids is 1. The van der Waals surface area contributed by atoms with Gasteiger partial charge >= 0.3 is 0 Å². The molecule has 0 bridgehead atoms. The lowest BCUT2D eigenvalue weighted by Crippen LogP contribution is -2.61. The highest BCUT2D eigenvalue weighted by Crippen LogP contribution is 2.31. The average Bonchev–Trinajstić information content (AvgIpc) is 3.17. The van der Waals surface area contributed by atoms with Crippen LogP contribution in [0.4, 0.5) is 0 Å². The molecular formula is C33H59ClN5O2+. The smallest absolute Gasteiger partial charge is 0.224 e. The van der Waals surface area contributed by atoms with Crippen LogP contribution in [0.1, 0.15) is 105 Å². The van der Waals surface area contributed by atoms with Gasteiger partial charge in [0.05, 0.1) is 55.7 Å². The van der Waals surface area contributed by atoms with Crippen molar-refractivity contribution >= 4 is 23.3 Å². The third-order valence-corrected chi connectivity index (χ3v) is 9.04. The summed E-state index contributed by atoms with van der Waals surface area (Å²) in [5.41, 5.74) is 2.18. The van der Waals surface area contributed by atoms with Crippen molar-refractivity contribution in [2.75, 3.05) is 46.4 Å². The first-order valence-electron chi connectivity index (χ1n) is 16.3. The molecule has 1 amide bonds. The van der Waals surface area contributed by atoms with Gasteiger partial charge in [0.2, 0.25) is 5.91 Å². The summed E-state index contributed by atoms with van der Waals surface area (Å²) in [6, 6.07) is 1.10. The van der Waals surface area contributed by atoms with Crippen molar-refractivity contribution in [2.45, 2.75) is 117 Å². The maximum absolute atomic E-state index is 12.2. The summed E-state index contributed by atoms with van der Waals surface area (Å²) >= 11 is 6.75. The van der Waals surface area contributed by atoms with Crippen LogP contribution in [-0.2, 0) is 9.53 Å². The number of quaternary nitrogens is 1. The summed E-state index contributed by atoms with van der Waals surface area (Å²) in [5, 5.41) is 7.71. The summed E-state index contributed by atoms with van der Waals surface area (Å²) in [4.78, 5) is 18.8. The van der Waals surface area contributed by atoms with Crippen molar-refractivity contribution in [1.29, 1.82) is 0 Å². The second kappa shape index (κ2) is 19.4. The van der Waals surface area contributed by atoms with Gasteiger partial charge in [-0.25, -0.2) is 4.99 Å². The second-order valence-corrected chi connectivity index (χ2v) is 12.3. The van der Waals surface area contributed by atoms with Gasteiger partial charge in [-0.15, -0.1) is 0 Å². The fourth-order valence-corrected chi connectivity index (χ4v) is 6.18. The number of amidine groups is 1. The van der Waals surface area contributed by atoms with Gasteiger partial charge in [-0.1, -0.05) is 70.2 Å². The molecule has 1 saturated heterocycles. The molecule has 2 N–H and O–H groups in total. The van der Waals surface area contributed by atoms with Crippen LogP contribution in [0.2, 0.25) is 0 Å². The standard InChI is InChI=1S/C33H59ClN5O2/c1-7-10-12-16-29(15-9-3)39(6)23-13-18-31(27(39)4)37-28(5)36-26-30(34)32(17-11-8-2)35-20-14-21-38-22-25-41-24-19-33(38)40/h17-18,26-27,29,35H,7-16,19-25H2,1-6H3,(H,36,37)/q+1/b30-26+,32-17-. The number of ether oxygens (including phenoxy) is 1. The third-order valence-electron chi connectivity index (χ3n) is 8.74. The number of hydrogen-bond acceptors (Lipinski definition) is 4. The van der Waals surface area contributed by atoms with Crippen LogP contribution in [0.15, 0.2) is 39.8 Å². The highest BCUT2D eigenvalue weighted by Gasteiger charge is 2.40. The Hall–Kier alpha value is -1.83. The predicted octanol–water partition coefficient (Wildman–Crippen LogP) is 6.86. The van der Waals surface area contributed by atoms with Gasteiger partial charge in [-0.3, -0.25) is 4.79 Å². The molecule has 3 unspecified atom stereocenters. The molecule has 41 heavy (non-hydrogen) atoms. The molecule has 0 aromatic rings. The first-order valence-corrected chi connectivity index (χ1v) is 16.7. The molecular weight excluding hydrogens is 534 g/mol. The Bertz CT molecular complexity index is 915. The molecule has 0 aliphatic carbocycles. The molecule has 1 fully saturated rings. The van der Waals surface area contributed by atoms with E-state index in [-0.39, 0.29) is 5.91 Å². The molecule has 8 heteroatoms. The molecule has 234 valence electrons. The van der Waals surface area contributed by atoms with Crippen LogP contribution < -0.4 is 10.6 Å². The molecule has 2 aliphatic rings. The molecule has 0 aromatic carbocycles. The maximum atomic E-state index is 12.2. The van der Waals surface area contributed by atoms with Crippen molar-refractivity contribution in [1.82, 2.24) is 15.5 Å². The molecule has 7 nitrogen and oxygen atoms in total. The largest absolute Gasteiger partial charge is 0.384 e. The van der Waals surface area contributed by atoms with E-state index < -0.39 is 0 Å². The van der Waals surface area contributed by atoms with Gasteiger partial charge in [-0.2, -0.15) is 0 Å². The normalized spacial score (nSPS) is 23.7. The van der Waals surface area contributed by atoms with Gasteiger partial charge in [0.25, 0.3) is 0 Å². The number of allylic oxidation sites excluding steroid dienone is 2. The summed E-state index contributed by atoms with van der Waals surface area (Å²) in [7, 11) is 2.46. The number of unbranched alkanes of at least 4 members (excludes halogenated alkanes) is 3. The molecule has 0 aromatic heterocycles. The third kappa shape index (κ3) is 11.8. The Labute approximate surface area is 256 Å². The molecule has 2 rings (SSSR count). The number of amides is 1. The Morgan fingerprint density at radius 1 is 1.20 bits per heavy atom. The quantitative estimate of drug-likeness (QED) is 0.0637. The Balaban J connectivity index is 2.00. The van der Waals surface area contributed by atoms with Crippen LogP contribution in [0.5, 0.6) is 0 Å². The van der Waals surface area contributed by atoms with Gasteiger partial charge in [0.1, 0.15) is 11.9 Å². The molecule has 2 aliphatic heterocycles. The van der Waals surface area contributed by atoms with E-state index in [1.54, 1.807) is 6.20 Å². The average molecular weight is 593 g/mol. The lowest BCUT2D eigenvalue weighted by Gasteiger charge is -2.49. The summed E-state index contributed by atoms with van der Waals surface area (Å²) < 4.78 is 6.53. The monoisotopic (exact) mass is 592 g/mol. The number of carbonyl (C=O) groups is 1. The Kier molecular flexibility index (Phi) is 16.7. The lowest BCUT2D eigenvalue weighted by atomic mass is 9.94. The van der Waals surface area contributed by atoms with Crippen LogP contribution in [0.3, 0.4) is 0 Å². The van der Waals surface area contributed by atoms with E-state index in [1.165, 1.54) is 50.8 Å². The SMILES string of the molecule is CCC/C=C(NCCCN1CCOCCC1=O)/C(Cl)=C\N=C(C)NC1=CCC[N+](C)(C(CCC)CCCCC)C1C. The molecule has 2 heterocycles. The van der Waals surface area contributed by atoms with Gasteiger partial charge in [0, 0.05) is 32.3 Å². The minimum Gasteiger partial charge on any atom is -0.384 e. The minimum atomic E-state index is 0.179. The van der Waals surface area contributed by atoms with E-state index in [2.05, 4.69) is 57.5 Å². The number of aliphatic imine (C=N–C) groups is 1. The first-order chi connectivity index (χ1) is 19.8. The highest BCUT2D eigenvalue weighted by atomic mass is 35.5. The zero-order chi connectivity index (χ0) is 30.1. The van der Waals surface area contributed by atoms with E-state index in [9.17, 15) is 4.79 Å². The maximum Gasteiger partial charge on any atom is 0.224 e. The minimum absolute atomic E-state index is 0.179. The summed E-state index contributed by atoms with van der Waals surface area (Å²) in [6.07, 6.45) is 18.4. The van der Waals surface area contributed by atoms with Crippen molar-refractivity contribution in [3.05, 3.63) is 34.8 Å². The van der Waals surface area contributed by atoms with E-state index in [1.807, 2.05) is 11.8 Å². The van der Waals surface area contributed by atoms with E-state index >= 15 is 0 Å². The Morgan fingerprint density at radius 3 is 2.73 bits per heavy atom. The van der Waals surface area contributed by atoms with Crippen molar-refractivity contribution in [3.63, 3.8) is 0 Å². The number of halogens is 1. The number of likely N-dealkylation sites (N-methyl/N-ethyl adjacent to an activating group) is 1. The Morgan fingerprint density at radius 2 is 2.00 bits per heavy atom.